The van der Waals surface area contributed by atoms with Crippen LogP contribution in [0.1, 0.15) is 52.9 Å². The summed E-state index contributed by atoms with van der Waals surface area (Å²) in [4.78, 5) is 4.39. The number of allylic oxidation sites excluding steroid dienone is 2. The average molecular weight is 181 g/mol. The predicted molar refractivity (Wildman–Crippen MR) is 61.5 cm³/mol. The largest absolute Gasteiger partial charge is 0.293 e. The van der Waals surface area contributed by atoms with Gasteiger partial charge in [-0.3, -0.25) is 4.99 Å². The van der Waals surface area contributed by atoms with E-state index in [1.807, 2.05) is 6.21 Å². The van der Waals surface area contributed by atoms with Gasteiger partial charge in [0.05, 0.1) is 0 Å². The lowest BCUT2D eigenvalue weighted by molar-refractivity contribution is 0.809. The second kappa shape index (κ2) is 9.50. The Bertz CT molecular complexity index is 157. The maximum atomic E-state index is 4.39. The first-order valence-corrected chi connectivity index (χ1v) is 5.53. The van der Waals surface area contributed by atoms with Crippen molar-refractivity contribution >= 4 is 6.21 Å². The first-order valence-electron chi connectivity index (χ1n) is 5.53. The van der Waals surface area contributed by atoms with Gasteiger partial charge in [-0.05, 0) is 24.8 Å². The molecule has 0 amide bonds. The van der Waals surface area contributed by atoms with Gasteiger partial charge in [0.25, 0.3) is 0 Å². The van der Waals surface area contributed by atoms with Crippen molar-refractivity contribution in [2.45, 2.75) is 52.9 Å². The van der Waals surface area contributed by atoms with Gasteiger partial charge in [0, 0.05) is 12.8 Å². The van der Waals surface area contributed by atoms with Crippen LogP contribution < -0.4 is 0 Å². The van der Waals surface area contributed by atoms with Crippen LogP contribution in [-0.4, -0.2) is 12.8 Å². The summed E-state index contributed by atoms with van der Waals surface area (Å²) in [5, 5.41) is 0. The molecular weight excluding hydrogens is 158 g/mol. The molecule has 0 saturated carbocycles. The minimum absolute atomic E-state index is 0.986. The topological polar surface area (TPSA) is 12.4 Å². The second-order valence-corrected chi connectivity index (χ2v) is 3.31. The maximum Gasteiger partial charge on any atom is 0.0389 e. The van der Waals surface area contributed by atoms with Crippen LogP contribution in [0.2, 0.25) is 0 Å². The third kappa shape index (κ3) is 7.76. The van der Waals surface area contributed by atoms with Gasteiger partial charge in [-0.1, -0.05) is 39.7 Å². The van der Waals surface area contributed by atoms with Crippen LogP contribution >= 0.6 is 0 Å². The summed E-state index contributed by atoms with van der Waals surface area (Å²) in [5.74, 6) is 0. The van der Waals surface area contributed by atoms with Crippen molar-refractivity contribution in [1.29, 1.82) is 0 Å². The summed E-state index contributed by atoms with van der Waals surface area (Å²) >= 11 is 0. The lowest BCUT2D eigenvalue weighted by Crippen LogP contribution is -1.86. The Morgan fingerprint density at radius 3 is 2.46 bits per heavy atom. The van der Waals surface area contributed by atoms with E-state index < -0.39 is 0 Å². The van der Waals surface area contributed by atoms with Crippen LogP contribution in [-0.2, 0) is 0 Å². The maximum absolute atomic E-state index is 4.39. The highest BCUT2D eigenvalue weighted by Crippen LogP contribution is 2.01. The molecule has 0 N–H and O–H groups in total. The van der Waals surface area contributed by atoms with Gasteiger partial charge >= 0.3 is 0 Å². The molecule has 0 aliphatic heterocycles. The number of hydrogen-bond donors (Lipinski definition) is 0. The van der Waals surface area contributed by atoms with E-state index in [-0.39, 0.29) is 0 Å². The molecule has 1 heteroatoms. The van der Waals surface area contributed by atoms with Crippen LogP contribution in [0.4, 0.5) is 0 Å². The highest BCUT2D eigenvalue weighted by Gasteiger charge is 1.87. The third-order valence-electron chi connectivity index (χ3n) is 2.00. The molecule has 0 radical (unpaired) electrons. The lowest BCUT2D eigenvalue weighted by Gasteiger charge is -1.96. The van der Waals surface area contributed by atoms with E-state index in [1.165, 1.54) is 31.3 Å². The highest BCUT2D eigenvalue weighted by molar-refractivity contribution is 5.78. The number of aliphatic imine (C=N–C) groups is 1. The lowest BCUT2D eigenvalue weighted by atomic mass is 10.1. The van der Waals surface area contributed by atoms with Gasteiger partial charge in [0.1, 0.15) is 0 Å². The van der Waals surface area contributed by atoms with E-state index in [2.05, 4.69) is 31.8 Å². The van der Waals surface area contributed by atoms with Gasteiger partial charge < -0.3 is 0 Å². The first kappa shape index (κ1) is 12.4. The molecule has 0 rings (SSSR count). The molecule has 0 fully saturated rings. The Labute approximate surface area is 83.0 Å². The number of hydrogen-bond acceptors (Lipinski definition) is 1. The molecular formula is C12H23N. The van der Waals surface area contributed by atoms with Gasteiger partial charge in [-0.15, -0.1) is 0 Å². The smallest absolute Gasteiger partial charge is 0.0389 e. The van der Waals surface area contributed by atoms with Crippen molar-refractivity contribution in [1.82, 2.24) is 0 Å². The average Bonchev–Trinajstić information content (AvgIpc) is 2.17. The monoisotopic (exact) mass is 181 g/mol. The SMILES string of the molecule is CCC/C=C(/C=NCCCC)CC. The first-order chi connectivity index (χ1) is 6.35. The summed E-state index contributed by atoms with van der Waals surface area (Å²) in [5.41, 5.74) is 1.39. The standard InChI is InChI=1S/C12H23N/c1-4-7-9-12(6-3)11-13-10-8-5-2/h9,11H,4-8,10H2,1-3H3/b12-9+,13-11?. The Hall–Kier alpha value is -0.590. The fourth-order valence-electron chi connectivity index (χ4n) is 1.05. The van der Waals surface area contributed by atoms with Crippen LogP contribution in [0, 0.1) is 0 Å². The Morgan fingerprint density at radius 1 is 1.15 bits per heavy atom. The van der Waals surface area contributed by atoms with Crippen molar-refractivity contribution in [2.24, 2.45) is 4.99 Å². The molecule has 0 aliphatic rings. The number of unbranched alkanes of at least 4 members (excludes halogenated alkanes) is 2. The zero-order valence-electron chi connectivity index (χ0n) is 9.34. The molecule has 0 saturated heterocycles. The van der Waals surface area contributed by atoms with Crippen molar-refractivity contribution in [3.05, 3.63) is 11.6 Å². The minimum Gasteiger partial charge on any atom is -0.293 e. The quantitative estimate of drug-likeness (QED) is 0.416. The van der Waals surface area contributed by atoms with Crippen molar-refractivity contribution in [2.75, 3.05) is 6.54 Å². The molecule has 1 nitrogen and oxygen atoms in total. The molecule has 0 unspecified atom stereocenters. The summed E-state index contributed by atoms with van der Waals surface area (Å²) < 4.78 is 0. The zero-order chi connectivity index (χ0) is 9.94. The van der Waals surface area contributed by atoms with E-state index >= 15 is 0 Å². The van der Waals surface area contributed by atoms with E-state index in [0.29, 0.717) is 0 Å². The molecule has 0 atom stereocenters. The molecule has 0 bridgehead atoms. The van der Waals surface area contributed by atoms with Crippen molar-refractivity contribution < 1.29 is 0 Å². The van der Waals surface area contributed by atoms with Crippen molar-refractivity contribution in [3.8, 4) is 0 Å². The van der Waals surface area contributed by atoms with Gasteiger partial charge in [-0.25, -0.2) is 0 Å². The van der Waals surface area contributed by atoms with Gasteiger partial charge in [-0.2, -0.15) is 0 Å². The molecule has 76 valence electrons. The van der Waals surface area contributed by atoms with E-state index in [9.17, 15) is 0 Å². The molecule has 0 aromatic rings. The van der Waals surface area contributed by atoms with Crippen LogP contribution in [0.25, 0.3) is 0 Å². The fraction of sp³-hybridized carbons (Fsp3) is 0.750. The summed E-state index contributed by atoms with van der Waals surface area (Å²) in [7, 11) is 0. The van der Waals surface area contributed by atoms with Crippen molar-refractivity contribution in [3.63, 3.8) is 0 Å². The van der Waals surface area contributed by atoms with Gasteiger partial charge in [0.2, 0.25) is 0 Å². The van der Waals surface area contributed by atoms with Gasteiger partial charge in [0.15, 0.2) is 0 Å². The molecule has 0 heterocycles. The normalized spacial score (nSPS) is 12.7. The van der Waals surface area contributed by atoms with Crippen LogP contribution in [0.15, 0.2) is 16.6 Å². The molecule has 0 spiro atoms. The molecule has 0 aromatic heterocycles. The number of rotatable bonds is 7. The highest BCUT2D eigenvalue weighted by atomic mass is 14.7. The summed E-state index contributed by atoms with van der Waals surface area (Å²) in [6.45, 7) is 7.58. The number of nitrogens with zero attached hydrogens (tertiary/aromatic N) is 1. The van der Waals surface area contributed by atoms with E-state index in [1.54, 1.807) is 0 Å². The minimum atomic E-state index is 0.986. The second-order valence-electron chi connectivity index (χ2n) is 3.31. The zero-order valence-corrected chi connectivity index (χ0v) is 9.34. The molecule has 13 heavy (non-hydrogen) atoms. The fourth-order valence-corrected chi connectivity index (χ4v) is 1.05. The van der Waals surface area contributed by atoms with E-state index in [4.69, 9.17) is 0 Å². The summed E-state index contributed by atoms with van der Waals surface area (Å²) in [6.07, 6.45) is 10.3. The Kier molecular flexibility index (Phi) is 9.07. The molecule has 0 aromatic carbocycles. The summed E-state index contributed by atoms with van der Waals surface area (Å²) in [6, 6.07) is 0. The Balaban J connectivity index is 3.75. The van der Waals surface area contributed by atoms with Crippen LogP contribution in [0.3, 0.4) is 0 Å². The third-order valence-corrected chi connectivity index (χ3v) is 2.00. The molecule has 0 aliphatic carbocycles. The predicted octanol–water partition coefficient (Wildman–Crippen LogP) is 3.99. The van der Waals surface area contributed by atoms with E-state index in [0.717, 1.165) is 13.0 Å². The Morgan fingerprint density at radius 2 is 1.92 bits per heavy atom. The van der Waals surface area contributed by atoms with Crippen LogP contribution in [0.5, 0.6) is 0 Å².